The van der Waals surface area contributed by atoms with E-state index in [1.165, 1.54) is 0 Å². The molecule has 1 aliphatic rings. The molecule has 0 aromatic carbocycles. The highest BCUT2D eigenvalue weighted by atomic mass is 16.5. The van der Waals surface area contributed by atoms with Crippen molar-refractivity contribution in [2.75, 3.05) is 6.61 Å². The molecule has 12 heavy (non-hydrogen) atoms. The van der Waals surface area contributed by atoms with Crippen LogP contribution in [0.25, 0.3) is 0 Å². The summed E-state index contributed by atoms with van der Waals surface area (Å²) in [6.45, 7) is 6.66. The predicted molar refractivity (Wildman–Crippen MR) is 46.5 cm³/mol. The minimum absolute atomic E-state index is 0.00979. The van der Waals surface area contributed by atoms with Crippen molar-refractivity contribution in [2.45, 2.75) is 32.7 Å². The SMILES string of the molecule is CC(C)(C)NC=C1CCOC1=O. The van der Waals surface area contributed by atoms with Gasteiger partial charge in [-0.05, 0) is 20.8 Å². The zero-order valence-corrected chi connectivity index (χ0v) is 7.81. The predicted octanol–water partition coefficient (Wildman–Crippen LogP) is 1.21. The highest BCUT2D eigenvalue weighted by molar-refractivity contribution is 5.90. The molecule has 1 saturated heterocycles. The molecule has 1 heterocycles. The fourth-order valence-electron chi connectivity index (χ4n) is 0.883. The summed E-state index contributed by atoms with van der Waals surface area (Å²) in [6.07, 6.45) is 2.48. The Morgan fingerprint density at radius 2 is 2.17 bits per heavy atom. The maximum Gasteiger partial charge on any atom is 0.335 e. The van der Waals surface area contributed by atoms with E-state index in [4.69, 9.17) is 4.74 Å². The average Bonchev–Trinajstić information content (AvgIpc) is 2.29. The summed E-state index contributed by atoms with van der Waals surface area (Å²) < 4.78 is 4.78. The lowest BCUT2D eigenvalue weighted by molar-refractivity contribution is -0.135. The van der Waals surface area contributed by atoms with Crippen LogP contribution in [0.4, 0.5) is 0 Å². The second-order valence-corrected chi connectivity index (χ2v) is 3.95. The van der Waals surface area contributed by atoms with E-state index in [1.54, 1.807) is 6.20 Å². The Bertz CT molecular complexity index is 213. The van der Waals surface area contributed by atoms with Crippen LogP contribution in [0.2, 0.25) is 0 Å². The van der Waals surface area contributed by atoms with Gasteiger partial charge in [-0.3, -0.25) is 0 Å². The molecule has 0 aromatic rings. The topological polar surface area (TPSA) is 38.3 Å². The van der Waals surface area contributed by atoms with Crippen LogP contribution in [-0.2, 0) is 9.53 Å². The Balaban J connectivity index is 2.52. The molecule has 68 valence electrons. The smallest absolute Gasteiger partial charge is 0.335 e. The number of rotatable bonds is 1. The third-order valence-corrected chi connectivity index (χ3v) is 1.55. The van der Waals surface area contributed by atoms with Crippen molar-refractivity contribution in [1.82, 2.24) is 5.32 Å². The molecule has 1 rings (SSSR count). The van der Waals surface area contributed by atoms with Crippen molar-refractivity contribution in [2.24, 2.45) is 0 Å². The summed E-state index contributed by atoms with van der Waals surface area (Å²) in [4.78, 5) is 11.0. The summed E-state index contributed by atoms with van der Waals surface area (Å²) in [6, 6.07) is 0. The number of nitrogens with one attached hydrogen (secondary N) is 1. The average molecular weight is 169 g/mol. The molecule has 0 bridgehead atoms. The van der Waals surface area contributed by atoms with Crippen LogP contribution in [-0.4, -0.2) is 18.1 Å². The van der Waals surface area contributed by atoms with Crippen LogP contribution in [0.5, 0.6) is 0 Å². The van der Waals surface area contributed by atoms with Gasteiger partial charge in [-0.1, -0.05) is 0 Å². The third-order valence-electron chi connectivity index (χ3n) is 1.55. The minimum Gasteiger partial charge on any atom is -0.462 e. The molecule has 0 atom stereocenters. The van der Waals surface area contributed by atoms with E-state index in [2.05, 4.69) is 5.32 Å². The lowest BCUT2D eigenvalue weighted by Crippen LogP contribution is -2.31. The summed E-state index contributed by atoms with van der Waals surface area (Å²) in [7, 11) is 0. The maximum atomic E-state index is 11.0. The molecule has 0 amide bonds. The van der Waals surface area contributed by atoms with Gasteiger partial charge in [0.15, 0.2) is 0 Å². The number of ether oxygens (including phenoxy) is 1. The summed E-state index contributed by atoms with van der Waals surface area (Å²) in [5, 5.41) is 3.13. The number of hydrogen-bond acceptors (Lipinski definition) is 3. The summed E-state index contributed by atoms with van der Waals surface area (Å²) >= 11 is 0. The molecule has 3 heteroatoms. The van der Waals surface area contributed by atoms with Crippen molar-refractivity contribution in [3.8, 4) is 0 Å². The molecule has 0 radical (unpaired) electrons. The van der Waals surface area contributed by atoms with E-state index in [0.717, 1.165) is 12.0 Å². The van der Waals surface area contributed by atoms with Gasteiger partial charge in [-0.15, -0.1) is 0 Å². The van der Waals surface area contributed by atoms with Crippen molar-refractivity contribution < 1.29 is 9.53 Å². The Kier molecular flexibility index (Phi) is 2.40. The van der Waals surface area contributed by atoms with Crippen LogP contribution < -0.4 is 5.32 Å². The number of carbonyl (C=O) groups is 1. The van der Waals surface area contributed by atoms with Crippen molar-refractivity contribution in [3.63, 3.8) is 0 Å². The fourth-order valence-corrected chi connectivity index (χ4v) is 0.883. The molecular weight excluding hydrogens is 154 g/mol. The van der Waals surface area contributed by atoms with E-state index in [-0.39, 0.29) is 11.5 Å². The second kappa shape index (κ2) is 3.17. The first kappa shape index (κ1) is 9.10. The van der Waals surface area contributed by atoms with E-state index in [1.807, 2.05) is 20.8 Å². The lowest BCUT2D eigenvalue weighted by Gasteiger charge is -2.18. The maximum absolute atomic E-state index is 11.0. The Labute approximate surface area is 72.8 Å². The van der Waals surface area contributed by atoms with Crippen molar-refractivity contribution in [1.29, 1.82) is 0 Å². The molecule has 0 unspecified atom stereocenters. The van der Waals surface area contributed by atoms with Gasteiger partial charge in [-0.25, -0.2) is 4.79 Å². The van der Waals surface area contributed by atoms with E-state index in [0.29, 0.717) is 6.61 Å². The minimum atomic E-state index is -0.188. The number of carbonyl (C=O) groups excluding carboxylic acids is 1. The first-order valence-corrected chi connectivity index (χ1v) is 4.13. The highest BCUT2D eigenvalue weighted by Gasteiger charge is 2.19. The van der Waals surface area contributed by atoms with Gasteiger partial charge in [0.05, 0.1) is 12.2 Å². The molecule has 1 N–H and O–H groups in total. The van der Waals surface area contributed by atoms with Crippen LogP contribution in [0.15, 0.2) is 11.8 Å². The van der Waals surface area contributed by atoms with Crippen LogP contribution in [0.3, 0.4) is 0 Å². The van der Waals surface area contributed by atoms with E-state index >= 15 is 0 Å². The highest BCUT2D eigenvalue weighted by Crippen LogP contribution is 2.12. The zero-order chi connectivity index (χ0) is 9.19. The molecule has 0 aliphatic carbocycles. The molecule has 3 nitrogen and oxygen atoms in total. The van der Waals surface area contributed by atoms with Crippen LogP contribution in [0, 0.1) is 0 Å². The number of esters is 1. The van der Waals surface area contributed by atoms with Crippen LogP contribution in [0.1, 0.15) is 27.2 Å². The third kappa shape index (κ3) is 2.57. The molecule has 0 spiro atoms. The largest absolute Gasteiger partial charge is 0.462 e. The van der Waals surface area contributed by atoms with Crippen LogP contribution >= 0.6 is 0 Å². The summed E-state index contributed by atoms with van der Waals surface area (Å²) in [5.41, 5.74) is 0.750. The molecule has 0 saturated carbocycles. The Hall–Kier alpha value is -0.990. The van der Waals surface area contributed by atoms with Gasteiger partial charge in [0.25, 0.3) is 0 Å². The molecule has 1 aliphatic heterocycles. The van der Waals surface area contributed by atoms with Gasteiger partial charge in [0, 0.05) is 18.2 Å². The number of cyclic esters (lactones) is 1. The van der Waals surface area contributed by atoms with Crippen molar-refractivity contribution in [3.05, 3.63) is 11.8 Å². The fraction of sp³-hybridized carbons (Fsp3) is 0.667. The standard InChI is InChI=1S/C9H15NO2/c1-9(2,3)10-6-7-4-5-12-8(7)11/h6,10H,4-5H2,1-3H3. The second-order valence-electron chi connectivity index (χ2n) is 3.95. The van der Waals surface area contributed by atoms with Gasteiger partial charge < -0.3 is 10.1 Å². The monoisotopic (exact) mass is 169 g/mol. The van der Waals surface area contributed by atoms with Gasteiger partial charge in [0.1, 0.15) is 0 Å². The van der Waals surface area contributed by atoms with E-state index in [9.17, 15) is 4.79 Å². The zero-order valence-electron chi connectivity index (χ0n) is 7.81. The Morgan fingerprint density at radius 1 is 1.50 bits per heavy atom. The molecule has 0 aromatic heterocycles. The van der Waals surface area contributed by atoms with Gasteiger partial charge >= 0.3 is 5.97 Å². The summed E-state index contributed by atoms with van der Waals surface area (Å²) in [5.74, 6) is -0.188. The molecule has 1 fully saturated rings. The Morgan fingerprint density at radius 3 is 2.58 bits per heavy atom. The first-order chi connectivity index (χ1) is 5.49. The quantitative estimate of drug-likeness (QED) is 0.473. The first-order valence-electron chi connectivity index (χ1n) is 4.13. The normalized spacial score (nSPS) is 21.2. The van der Waals surface area contributed by atoms with Gasteiger partial charge in [-0.2, -0.15) is 0 Å². The van der Waals surface area contributed by atoms with Gasteiger partial charge in [0.2, 0.25) is 0 Å². The van der Waals surface area contributed by atoms with Crippen molar-refractivity contribution >= 4 is 5.97 Å². The van der Waals surface area contributed by atoms with E-state index < -0.39 is 0 Å². The lowest BCUT2D eigenvalue weighted by atomic mass is 10.1. The molecular formula is C9H15NO2. The number of hydrogen-bond donors (Lipinski definition) is 1.